The molecule has 2 aromatic carbocycles. The van der Waals surface area contributed by atoms with Crippen molar-refractivity contribution in [3.8, 4) is 5.75 Å². The number of hydrogen-bond donors (Lipinski definition) is 0. The fraction of sp³-hybridized carbons (Fsp3) is 0.316. The molecular weight excluding hydrogens is 416 g/mol. The van der Waals surface area contributed by atoms with Crippen LogP contribution in [0.5, 0.6) is 5.75 Å². The molecule has 1 heterocycles. The molecule has 1 aliphatic rings. The minimum absolute atomic E-state index is 0.0459. The summed E-state index contributed by atoms with van der Waals surface area (Å²) in [6.45, 7) is 0.881. The Kier molecular flexibility index (Phi) is 6.65. The lowest BCUT2D eigenvalue weighted by molar-refractivity contribution is -0.384. The number of esters is 1. The molecular formula is C19H20N2O8S. The van der Waals surface area contributed by atoms with Crippen LogP contribution in [0, 0.1) is 10.1 Å². The highest BCUT2D eigenvalue weighted by molar-refractivity contribution is 7.89. The van der Waals surface area contributed by atoms with E-state index in [-0.39, 0.29) is 41.6 Å². The van der Waals surface area contributed by atoms with Gasteiger partial charge in [0.15, 0.2) is 0 Å². The predicted octanol–water partition coefficient (Wildman–Crippen LogP) is 1.98. The van der Waals surface area contributed by atoms with E-state index in [0.717, 1.165) is 0 Å². The minimum atomic E-state index is -3.88. The normalized spacial score (nSPS) is 14.8. The van der Waals surface area contributed by atoms with E-state index in [1.165, 1.54) is 53.9 Å². The quantitative estimate of drug-likeness (QED) is 0.366. The smallest absolute Gasteiger partial charge is 0.338 e. The first kappa shape index (κ1) is 21.7. The highest BCUT2D eigenvalue weighted by atomic mass is 32.2. The van der Waals surface area contributed by atoms with E-state index in [0.29, 0.717) is 18.8 Å². The molecule has 3 rings (SSSR count). The van der Waals surface area contributed by atoms with Crippen molar-refractivity contribution in [3.63, 3.8) is 0 Å². The van der Waals surface area contributed by atoms with E-state index in [4.69, 9.17) is 14.2 Å². The van der Waals surface area contributed by atoms with Gasteiger partial charge in [-0.05, 0) is 35.9 Å². The van der Waals surface area contributed by atoms with Crippen LogP contribution in [0.2, 0.25) is 0 Å². The van der Waals surface area contributed by atoms with Gasteiger partial charge < -0.3 is 14.2 Å². The Labute approximate surface area is 173 Å². The van der Waals surface area contributed by atoms with Gasteiger partial charge in [0.05, 0.1) is 30.8 Å². The molecule has 0 saturated carbocycles. The zero-order valence-corrected chi connectivity index (χ0v) is 17.0. The maximum absolute atomic E-state index is 13.0. The number of methoxy groups -OCH3 is 1. The second-order valence-corrected chi connectivity index (χ2v) is 8.29. The van der Waals surface area contributed by atoms with Gasteiger partial charge in [-0.3, -0.25) is 10.1 Å². The average molecular weight is 436 g/mol. The number of benzene rings is 2. The van der Waals surface area contributed by atoms with Crippen molar-refractivity contribution < 1.29 is 32.3 Å². The Morgan fingerprint density at radius 3 is 2.43 bits per heavy atom. The van der Waals surface area contributed by atoms with Crippen molar-refractivity contribution in [3.05, 3.63) is 63.7 Å². The number of ether oxygens (including phenoxy) is 3. The summed E-state index contributed by atoms with van der Waals surface area (Å²) < 4.78 is 42.9. The highest BCUT2D eigenvalue weighted by Crippen LogP contribution is 2.29. The Bertz CT molecular complexity index is 1030. The summed E-state index contributed by atoms with van der Waals surface area (Å²) >= 11 is 0. The third-order valence-corrected chi connectivity index (χ3v) is 6.42. The van der Waals surface area contributed by atoms with E-state index in [2.05, 4.69) is 0 Å². The van der Waals surface area contributed by atoms with Crippen LogP contribution in [0.1, 0.15) is 15.9 Å². The van der Waals surface area contributed by atoms with E-state index in [1.807, 2.05) is 0 Å². The minimum Gasteiger partial charge on any atom is -0.495 e. The third-order valence-electron chi connectivity index (χ3n) is 4.50. The van der Waals surface area contributed by atoms with E-state index in [9.17, 15) is 23.3 Å². The molecule has 11 heteroatoms. The van der Waals surface area contributed by atoms with Crippen LogP contribution in [0.15, 0.2) is 47.4 Å². The lowest BCUT2D eigenvalue weighted by atomic mass is 10.2. The van der Waals surface area contributed by atoms with Gasteiger partial charge in [0.25, 0.3) is 5.69 Å². The number of rotatable bonds is 7. The number of sulfonamides is 1. The average Bonchev–Trinajstić information content (AvgIpc) is 2.77. The van der Waals surface area contributed by atoms with Crippen molar-refractivity contribution in [2.45, 2.75) is 11.5 Å². The predicted molar refractivity (Wildman–Crippen MR) is 105 cm³/mol. The van der Waals surface area contributed by atoms with E-state index >= 15 is 0 Å². The standard InChI is InChI=1S/C19H20N2O8S/c1-27-17-7-4-15(12-18(17)30(25,26)20-8-10-28-11-9-20)19(22)29-13-14-2-5-16(6-3-14)21(23)24/h2-7,12H,8-11,13H2,1H3. The molecule has 0 amide bonds. The summed E-state index contributed by atoms with van der Waals surface area (Å²) in [6.07, 6.45) is 0. The van der Waals surface area contributed by atoms with Crippen molar-refractivity contribution in [2.75, 3.05) is 33.4 Å². The Morgan fingerprint density at radius 1 is 1.17 bits per heavy atom. The van der Waals surface area contributed by atoms with Crippen LogP contribution in [0.4, 0.5) is 5.69 Å². The summed E-state index contributed by atoms with van der Waals surface area (Å²) in [5.74, 6) is -0.608. The molecule has 0 N–H and O–H groups in total. The molecule has 0 aromatic heterocycles. The first-order valence-electron chi connectivity index (χ1n) is 8.99. The largest absolute Gasteiger partial charge is 0.495 e. The van der Waals surface area contributed by atoms with Gasteiger partial charge in [0.2, 0.25) is 10.0 Å². The lowest BCUT2D eigenvalue weighted by Gasteiger charge is -2.26. The van der Waals surface area contributed by atoms with Gasteiger partial charge >= 0.3 is 5.97 Å². The SMILES string of the molecule is COc1ccc(C(=O)OCc2ccc([N+](=O)[O-])cc2)cc1S(=O)(=O)N1CCOCC1. The molecule has 0 aliphatic carbocycles. The molecule has 0 bridgehead atoms. The first-order valence-corrected chi connectivity index (χ1v) is 10.4. The molecule has 1 aliphatic heterocycles. The van der Waals surface area contributed by atoms with Gasteiger partial charge in [-0.2, -0.15) is 4.31 Å². The second-order valence-electron chi connectivity index (χ2n) is 6.38. The van der Waals surface area contributed by atoms with Crippen LogP contribution >= 0.6 is 0 Å². The van der Waals surface area contributed by atoms with Crippen molar-refractivity contribution >= 4 is 21.7 Å². The van der Waals surface area contributed by atoms with Crippen LogP contribution < -0.4 is 4.74 Å². The van der Waals surface area contributed by atoms with Crippen LogP contribution in [0.3, 0.4) is 0 Å². The molecule has 160 valence electrons. The number of carbonyl (C=O) groups is 1. The molecule has 1 fully saturated rings. The molecule has 10 nitrogen and oxygen atoms in total. The zero-order chi connectivity index (χ0) is 21.7. The highest BCUT2D eigenvalue weighted by Gasteiger charge is 2.30. The van der Waals surface area contributed by atoms with Gasteiger partial charge in [0.1, 0.15) is 17.3 Å². The zero-order valence-electron chi connectivity index (χ0n) is 16.1. The molecule has 30 heavy (non-hydrogen) atoms. The van der Waals surface area contributed by atoms with Crippen LogP contribution in [0.25, 0.3) is 0 Å². The number of morpholine rings is 1. The summed E-state index contributed by atoms with van der Waals surface area (Å²) in [6, 6.07) is 9.61. The maximum Gasteiger partial charge on any atom is 0.338 e. The van der Waals surface area contributed by atoms with Crippen LogP contribution in [-0.4, -0.2) is 57.0 Å². The van der Waals surface area contributed by atoms with E-state index < -0.39 is 20.9 Å². The lowest BCUT2D eigenvalue weighted by Crippen LogP contribution is -2.40. The maximum atomic E-state index is 13.0. The molecule has 2 aromatic rings. The van der Waals surface area contributed by atoms with Crippen molar-refractivity contribution in [2.24, 2.45) is 0 Å². The molecule has 0 spiro atoms. The molecule has 0 unspecified atom stereocenters. The fourth-order valence-corrected chi connectivity index (χ4v) is 4.47. The third kappa shape index (κ3) is 4.75. The Balaban J connectivity index is 1.78. The summed E-state index contributed by atoms with van der Waals surface area (Å²) in [4.78, 5) is 22.5. The van der Waals surface area contributed by atoms with Gasteiger partial charge in [-0.1, -0.05) is 0 Å². The van der Waals surface area contributed by atoms with Gasteiger partial charge in [-0.25, -0.2) is 13.2 Å². The Morgan fingerprint density at radius 2 is 1.83 bits per heavy atom. The number of non-ortho nitro benzene ring substituents is 1. The molecule has 1 saturated heterocycles. The second kappa shape index (κ2) is 9.20. The van der Waals surface area contributed by atoms with Crippen molar-refractivity contribution in [1.29, 1.82) is 0 Å². The topological polar surface area (TPSA) is 125 Å². The molecule has 0 atom stereocenters. The number of nitro benzene ring substituents is 1. The van der Waals surface area contributed by atoms with Crippen LogP contribution in [-0.2, 0) is 26.1 Å². The monoisotopic (exact) mass is 436 g/mol. The van der Waals surface area contributed by atoms with Gasteiger partial charge in [-0.15, -0.1) is 0 Å². The summed E-state index contributed by atoms with van der Waals surface area (Å²) in [7, 11) is -2.54. The van der Waals surface area contributed by atoms with E-state index in [1.54, 1.807) is 0 Å². The fourth-order valence-electron chi connectivity index (χ4n) is 2.88. The number of hydrogen-bond acceptors (Lipinski definition) is 8. The molecule has 0 radical (unpaired) electrons. The van der Waals surface area contributed by atoms with Gasteiger partial charge in [0, 0.05) is 25.2 Å². The summed E-state index contributed by atoms with van der Waals surface area (Å²) in [5.41, 5.74) is 0.534. The number of carbonyl (C=O) groups excluding carboxylic acids is 1. The van der Waals surface area contributed by atoms with Crippen molar-refractivity contribution in [1.82, 2.24) is 4.31 Å². The number of nitrogens with zero attached hydrogens (tertiary/aromatic N) is 2. The Hall–Kier alpha value is -3.02. The summed E-state index contributed by atoms with van der Waals surface area (Å²) in [5, 5.41) is 10.7. The number of nitro groups is 1. The first-order chi connectivity index (χ1) is 14.3.